The van der Waals surface area contributed by atoms with Crippen LogP contribution in [0.2, 0.25) is 0 Å². The van der Waals surface area contributed by atoms with E-state index in [2.05, 4.69) is 4.74 Å². The number of benzene rings is 1. The molecule has 2 rings (SSSR count). The number of esters is 1. The summed E-state index contributed by atoms with van der Waals surface area (Å²) in [6.45, 7) is -0.0866. The van der Waals surface area contributed by atoms with Gasteiger partial charge in [-0.05, 0) is 11.6 Å². The first-order chi connectivity index (χ1) is 7.61. The van der Waals surface area contributed by atoms with Crippen molar-refractivity contribution in [1.29, 1.82) is 0 Å². The van der Waals surface area contributed by atoms with Gasteiger partial charge in [-0.3, -0.25) is 9.59 Å². The van der Waals surface area contributed by atoms with Gasteiger partial charge in [0.25, 0.3) is 0 Å². The van der Waals surface area contributed by atoms with Gasteiger partial charge in [-0.1, -0.05) is 18.2 Å². The highest BCUT2D eigenvalue weighted by Crippen LogP contribution is 2.33. The highest BCUT2D eigenvalue weighted by atomic mass is 19.1. The highest BCUT2D eigenvalue weighted by Gasteiger charge is 2.44. The van der Waals surface area contributed by atoms with Crippen LogP contribution in [0.15, 0.2) is 24.3 Å². The molecule has 1 aliphatic heterocycles. The van der Waals surface area contributed by atoms with Gasteiger partial charge < -0.3 is 9.84 Å². The lowest BCUT2D eigenvalue weighted by Crippen LogP contribution is -2.24. The monoisotopic (exact) mass is 224 g/mol. The van der Waals surface area contributed by atoms with Gasteiger partial charge >= 0.3 is 11.9 Å². The molecule has 1 heterocycles. The number of ether oxygens (including phenoxy) is 1. The van der Waals surface area contributed by atoms with Crippen molar-refractivity contribution in [3.63, 3.8) is 0 Å². The Morgan fingerprint density at radius 3 is 2.75 bits per heavy atom. The normalized spacial score (nSPS) is 24.2. The molecule has 2 atom stereocenters. The molecule has 0 aromatic heterocycles. The summed E-state index contributed by atoms with van der Waals surface area (Å²) >= 11 is 0. The Labute approximate surface area is 90.6 Å². The zero-order valence-corrected chi connectivity index (χ0v) is 8.22. The van der Waals surface area contributed by atoms with Crippen LogP contribution >= 0.6 is 0 Å². The molecule has 1 N–H and O–H groups in total. The first-order valence-electron chi connectivity index (χ1n) is 4.75. The van der Waals surface area contributed by atoms with Crippen LogP contribution in [0.5, 0.6) is 0 Å². The van der Waals surface area contributed by atoms with Gasteiger partial charge in [-0.15, -0.1) is 0 Å². The molecule has 0 spiro atoms. The van der Waals surface area contributed by atoms with E-state index in [1.807, 2.05) is 0 Å². The van der Waals surface area contributed by atoms with Crippen molar-refractivity contribution in [2.75, 3.05) is 6.61 Å². The lowest BCUT2D eigenvalue weighted by molar-refractivity contribution is -0.152. The summed E-state index contributed by atoms with van der Waals surface area (Å²) in [5, 5.41) is 8.88. The van der Waals surface area contributed by atoms with E-state index < -0.39 is 29.6 Å². The third-order valence-electron chi connectivity index (χ3n) is 2.63. The number of carbonyl (C=O) groups is 2. The summed E-state index contributed by atoms with van der Waals surface area (Å²) in [6, 6.07) is 5.81. The van der Waals surface area contributed by atoms with Crippen molar-refractivity contribution in [2.24, 2.45) is 5.92 Å². The van der Waals surface area contributed by atoms with Crippen molar-refractivity contribution in [3.8, 4) is 0 Å². The van der Waals surface area contributed by atoms with Gasteiger partial charge in [0.2, 0.25) is 0 Å². The summed E-state index contributed by atoms with van der Waals surface area (Å²) in [5.74, 6) is -4.66. The summed E-state index contributed by atoms with van der Waals surface area (Å²) in [5.41, 5.74) is 0.209. The number of aliphatic carboxylic acids is 1. The average Bonchev–Trinajstić information content (AvgIpc) is 2.61. The van der Waals surface area contributed by atoms with E-state index >= 15 is 0 Å². The molecule has 1 saturated heterocycles. The Hall–Kier alpha value is -1.91. The van der Waals surface area contributed by atoms with Crippen LogP contribution in [0.4, 0.5) is 4.39 Å². The second-order valence-corrected chi connectivity index (χ2v) is 3.57. The molecule has 0 radical (unpaired) electrons. The number of rotatable bonds is 2. The van der Waals surface area contributed by atoms with Gasteiger partial charge in [0.05, 0.1) is 6.61 Å². The third kappa shape index (κ3) is 1.64. The number of carbonyl (C=O) groups excluding carboxylic acids is 1. The molecule has 16 heavy (non-hydrogen) atoms. The topological polar surface area (TPSA) is 63.6 Å². The van der Waals surface area contributed by atoms with E-state index in [0.717, 1.165) is 0 Å². The molecule has 0 amide bonds. The van der Waals surface area contributed by atoms with Crippen LogP contribution in [-0.4, -0.2) is 23.7 Å². The summed E-state index contributed by atoms with van der Waals surface area (Å²) in [7, 11) is 0. The zero-order valence-electron chi connectivity index (χ0n) is 8.22. The fourth-order valence-electron chi connectivity index (χ4n) is 1.84. The Morgan fingerprint density at radius 2 is 2.12 bits per heavy atom. The van der Waals surface area contributed by atoms with E-state index in [4.69, 9.17) is 5.11 Å². The minimum atomic E-state index is -1.31. The van der Waals surface area contributed by atoms with Crippen molar-refractivity contribution >= 4 is 11.9 Å². The summed E-state index contributed by atoms with van der Waals surface area (Å²) in [4.78, 5) is 22.1. The molecule has 0 aliphatic carbocycles. The minimum absolute atomic E-state index is 0.0866. The van der Waals surface area contributed by atoms with Crippen molar-refractivity contribution in [2.45, 2.75) is 5.92 Å². The predicted molar refractivity (Wildman–Crippen MR) is 51.2 cm³/mol. The Kier molecular flexibility index (Phi) is 2.60. The van der Waals surface area contributed by atoms with Crippen LogP contribution in [0.25, 0.3) is 0 Å². The molecule has 1 aromatic carbocycles. The average molecular weight is 224 g/mol. The largest absolute Gasteiger partial charge is 0.481 e. The first kappa shape index (κ1) is 10.6. The van der Waals surface area contributed by atoms with Crippen LogP contribution < -0.4 is 0 Å². The van der Waals surface area contributed by atoms with Crippen LogP contribution in [0.1, 0.15) is 11.5 Å². The molecule has 1 fully saturated rings. The van der Waals surface area contributed by atoms with Gasteiger partial charge in [-0.25, -0.2) is 4.39 Å². The van der Waals surface area contributed by atoms with Crippen molar-refractivity contribution in [3.05, 3.63) is 35.6 Å². The highest BCUT2D eigenvalue weighted by molar-refractivity contribution is 5.96. The van der Waals surface area contributed by atoms with Crippen LogP contribution in [0.3, 0.4) is 0 Å². The third-order valence-corrected chi connectivity index (χ3v) is 2.63. The summed E-state index contributed by atoms with van der Waals surface area (Å²) < 4.78 is 18.1. The molecular formula is C11H9FO4. The van der Waals surface area contributed by atoms with Crippen molar-refractivity contribution < 1.29 is 23.8 Å². The Balaban J connectivity index is 2.38. The SMILES string of the molecule is O=C(O)C1C(=O)OCC1c1ccccc1F. The summed E-state index contributed by atoms with van der Waals surface area (Å²) in [6.07, 6.45) is 0. The molecule has 1 aliphatic rings. The number of halogens is 1. The first-order valence-corrected chi connectivity index (χ1v) is 4.75. The molecule has 5 heteroatoms. The maximum Gasteiger partial charge on any atom is 0.321 e. The lowest BCUT2D eigenvalue weighted by Gasteiger charge is -2.12. The van der Waals surface area contributed by atoms with Gasteiger partial charge in [0, 0.05) is 5.92 Å². The maximum atomic E-state index is 13.4. The second kappa shape index (κ2) is 3.92. The number of cyclic esters (lactones) is 1. The maximum absolute atomic E-state index is 13.4. The number of hydrogen-bond acceptors (Lipinski definition) is 3. The fraction of sp³-hybridized carbons (Fsp3) is 0.273. The molecule has 0 saturated carbocycles. The van der Waals surface area contributed by atoms with E-state index in [0.29, 0.717) is 0 Å². The standard InChI is InChI=1S/C11H9FO4/c12-8-4-2-1-3-6(8)7-5-16-11(15)9(7)10(13)14/h1-4,7,9H,5H2,(H,13,14). The Bertz CT molecular complexity index is 443. The molecule has 2 unspecified atom stereocenters. The molecule has 0 bridgehead atoms. The minimum Gasteiger partial charge on any atom is -0.481 e. The number of carboxylic acids is 1. The van der Waals surface area contributed by atoms with E-state index in [-0.39, 0.29) is 12.2 Å². The molecular weight excluding hydrogens is 215 g/mol. The van der Waals surface area contributed by atoms with E-state index in [9.17, 15) is 14.0 Å². The number of hydrogen-bond donors (Lipinski definition) is 1. The van der Waals surface area contributed by atoms with E-state index in [1.54, 1.807) is 6.07 Å². The zero-order chi connectivity index (χ0) is 11.7. The van der Waals surface area contributed by atoms with Crippen LogP contribution in [-0.2, 0) is 14.3 Å². The van der Waals surface area contributed by atoms with Crippen LogP contribution in [0, 0.1) is 11.7 Å². The lowest BCUT2D eigenvalue weighted by atomic mass is 9.88. The van der Waals surface area contributed by atoms with Gasteiger partial charge in [-0.2, -0.15) is 0 Å². The van der Waals surface area contributed by atoms with Gasteiger partial charge in [0.15, 0.2) is 5.92 Å². The predicted octanol–water partition coefficient (Wildman–Crippen LogP) is 1.17. The van der Waals surface area contributed by atoms with Gasteiger partial charge in [0.1, 0.15) is 5.82 Å². The smallest absolute Gasteiger partial charge is 0.321 e. The molecule has 84 valence electrons. The second-order valence-electron chi connectivity index (χ2n) is 3.57. The van der Waals surface area contributed by atoms with Crippen molar-refractivity contribution in [1.82, 2.24) is 0 Å². The fourth-order valence-corrected chi connectivity index (χ4v) is 1.84. The Morgan fingerprint density at radius 1 is 1.44 bits per heavy atom. The quantitative estimate of drug-likeness (QED) is 0.605. The molecule has 1 aromatic rings. The molecule has 4 nitrogen and oxygen atoms in total. The van der Waals surface area contributed by atoms with E-state index in [1.165, 1.54) is 18.2 Å². The number of carboxylic acid groups (broad SMARTS) is 1.